The summed E-state index contributed by atoms with van der Waals surface area (Å²) in [6.07, 6.45) is 1.78. The van der Waals surface area contributed by atoms with Gasteiger partial charge in [0.1, 0.15) is 0 Å². The standard InChI is InChI=1S/C9H15N3O2.ClH/c1-2-3-11-8(13)6-7-9(14)12-5-4-10-7;/h2,7,10H,1,3-6H2,(H,11,13)(H,12,14);1H. The fourth-order valence-corrected chi connectivity index (χ4v) is 1.26. The first kappa shape index (κ1) is 13.9. The van der Waals surface area contributed by atoms with Crippen LogP contribution in [0.25, 0.3) is 0 Å². The third kappa shape index (κ3) is 4.80. The molecule has 5 nitrogen and oxygen atoms in total. The summed E-state index contributed by atoms with van der Waals surface area (Å²) in [6.45, 7) is 5.26. The Morgan fingerprint density at radius 2 is 2.33 bits per heavy atom. The fraction of sp³-hybridized carbons (Fsp3) is 0.556. The van der Waals surface area contributed by atoms with Crippen LogP contribution in [-0.4, -0.2) is 37.5 Å². The summed E-state index contributed by atoms with van der Waals surface area (Å²) in [4.78, 5) is 22.5. The predicted octanol–water partition coefficient (Wildman–Crippen LogP) is -0.811. The summed E-state index contributed by atoms with van der Waals surface area (Å²) in [5, 5.41) is 8.29. The van der Waals surface area contributed by atoms with Crippen LogP contribution in [0.5, 0.6) is 0 Å². The van der Waals surface area contributed by atoms with Crippen LogP contribution in [0.15, 0.2) is 12.7 Å². The van der Waals surface area contributed by atoms with Crippen LogP contribution in [-0.2, 0) is 9.59 Å². The molecule has 6 heteroatoms. The molecule has 15 heavy (non-hydrogen) atoms. The SMILES string of the molecule is C=CCNC(=O)CC1NCCNC1=O.Cl. The second-order valence-electron chi connectivity index (χ2n) is 3.09. The number of carbonyl (C=O) groups is 2. The summed E-state index contributed by atoms with van der Waals surface area (Å²) >= 11 is 0. The molecule has 0 aromatic rings. The van der Waals surface area contributed by atoms with Gasteiger partial charge in [0.15, 0.2) is 0 Å². The van der Waals surface area contributed by atoms with Crippen molar-refractivity contribution in [3.05, 3.63) is 12.7 Å². The number of halogens is 1. The van der Waals surface area contributed by atoms with Crippen molar-refractivity contribution in [3.8, 4) is 0 Å². The molecule has 0 aliphatic carbocycles. The van der Waals surface area contributed by atoms with Crippen molar-refractivity contribution in [2.75, 3.05) is 19.6 Å². The van der Waals surface area contributed by atoms with Crippen molar-refractivity contribution in [1.82, 2.24) is 16.0 Å². The Labute approximate surface area is 95.1 Å². The molecule has 3 N–H and O–H groups in total. The lowest BCUT2D eigenvalue weighted by Crippen LogP contribution is -2.54. The van der Waals surface area contributed by atoms with Gasteiger partial charge in [-0.15, -0.1) is 19.0 Å². The molecule has 0 radical (unpaired) electrons. The third-order valence-electron chi connectivity index (χ3n) is 1.96. The fourth-order valence-electron chi connectivity index (χ4n) is 1.26. The lowest BCUT2D eigenvalue weighted by molar-refractivity contribution is -0.129. The maximum Gasteiger partial charge on any atom is 0.237 e. The minimum Gasteiger partial charge on any atom is -0.353 e. The van der Waals surface area contributed by atoms with Crippen LogP contribution in [0.4, 0.5) is 0 Å². The highest BCUT2D eigenvalue weighted by atomic mass is 35.5. The summed E-state index contributed by atoms with van der Waals surface area (Å²) in [7, 11) is 0. The van der Waals surface area contributed by atoms with E-state index in [1.165, 1.54) is 0 Å². The molecule has 0 saturated carbocycles. The Hall–Kier alpha value is -1.07. The van der Waals surface area contributed by atoms with E-state index in [2.05, 4.69) is 22.5 Å². The molecule has 2 amide bonds. The van der Waals surface area contributed by atoms with E-state index in [0.29, 0.717) is 19.6 Å². The van der Waals surface area contributed by atoms with E-state index in [1.807, 2.05) is 0 Å². The Morgan fingerprint density at radius 1 is 1.60 bits per heavy atom. The molecular weight excluding hydrogens is 218 g/mol. The Morgan fingerprint density at radius 3 is 2.93 bits per heavy atom. The largest absolute Gasteiger partial charge is 0.353 e. The Bertz CT molecular complexity index is 246. The molecule has 0 bridgehead atoms. The van der Waals surface area contributed by atoms with Crippen molar-refractivity contribution >= 4 is 24.2 Å². The lowest BCUT2D eigenvalue weighted by atomic mass is 10.1. The first-order valence-electron chi connectivity index (χ1n) is 4.62. The predicted molar refractivity (Wildman–Crippen MR) is 59.9 cm³/mol. The van der Waals surface area contributed by atoms with Crippen molar-refractivity contribution in [3.63, 3.8) is 0 Å². The number of carbonyl (C=O) groups excluding carboxylic acids is 2. The molecule has 1 rings (SSSR count). The molecule has 1 aliphatic rings. The average molecular weight is 234 g/mol. The zero-order valence-corrected chi connectivity index (χ0v) is 9.23. The normalized spacial score (nSPS) is 19.7. The van der Waals surface area contributed by atoms with Crippen LogP contribution in [0.2, 0.25) is 0 Å². The van der Waals surface area contributed by atoms with Crippen LogP contribution in [0, 0.1) is 0 Å². The molecule has 1 unspecified atom stereocenters. The maximum absolute atomic E-state index is 11.2. The van der Waals surface area contributed by atoms with Crippen molar-refractivity contribution in [2.45, 2.75) is 12.5 Å². The second-order valence-corrected chi connectivity index (χ2v) is 3.09. The van der Waals surface area contributed by atoms with Gasteiger partial charge in [0.25, 0.3) is 0 Å². The number of rotatable bonds is 4. The zero-order valence-electron chi connectivity index (χ0n) is 8.41. The van der Waals surface area contributed by atoms with Gasteiger partial charge in [-0.1, -0.05) is 6.08 Å². The van der Waals surface area contributed by atoms with Gasteiger partial charge in [0.05, 0.1) is 12.5 Å². The van der Waals surface area contributed by atoms with E-state index in [-0.39, 0.29) is 30.6 Å². The monoisotopic (exact) mass is 233 g/mol. The van der Waals surface area contributed by atoms with E-state index in [9.17, 15) is 9.59 Å². The van der Waals surface area contributed by atoms with Gasteiger partial charge in [0.2, 0.25) is 11.8 Å². The highest BCUT2D eigenvalue weighted by Gasteiger charge is 2.23. The van der Waals surface area contributed by atoms with E-state index in [4.69, 9.17) is 0 Å². The van der Waals surface area contributed by atoms with Crippen LogP contribution in [0.1, 0.15) is 6.42 Å². The van der Waals surface area contributed by atoms with Gasteiger partial charge in [-0.3, -0.25) is 9.59 Å². The highest BCUT2D eigenvalue weighted by molar-refractivity contribution is 5.88. The molecule has 0 aromatic heterocycles. The first-order valence-corrected chi connectivity index (χ1v) is 4.62. The van der Waals surface area contributed by atoms with Gasteiger partial charge in [-0.2, -0.15) is 0 Å². The summed E-state index contributed by atoms with van der Waals surface area (Å²) in [6, 6.07) is -0.395. The smallest absolute Gasteiger partial charge is 0.237 e. The van der Waals surface area contributed by atoms with Crippen molar-refractivity contribution in [1.29, 1.82) is 0 Å². The lowest BCUT2D eigenvalue weighted by Gasteiger charge is -2.22. The Balaban J connectivity index is 0.00000196. The topological polar surface area (TPSA) is 70.2 Å². The quantitative estimate of drug-likeness (QED) is 0.557. The zero-order chi connectivity index (χ0) is 10.4. The maximum atomic E-state index is 11.2. The number of piperazine rings is 1. The second kappa shape index (κ2) is 7.25. The summed E-state index contributed by atoms with van der Waals surface area (Å²) in [5.74, 6) is -0.246. The summed E-state index contributed by atoms with van der Waals surface area (Å²) < 4.78 is 0. The molecule has 1 heterocycles. The minimum absolute atomic E-state index is 0. The minimum atomic E-state index is -0.395. The summed E-state index contributed by atoms with van der Waals surface area (Å²) in [5.41, 5.74) is 0. The van der Waals surface area contributed by atoms with Gasteiger partial charge in [-0.05, 0) is 0 Å². The Kier molecular flexibility index (Phi) is 6.73. The third-order valence-corrected chi connectivity index (χ3v) is 1.96. The number of hydrogen-bond acceptors (Lipinski definition) is 3. The average Bonchev–Trinajstić information content (AvgIpc) is 2.18. The van der Waals surface area contributed by atoms with Crippen LogP contribution >= 0.6 is 12.4 Å². The number of amides is 2. The number of hydrogen-bond donors (Lipinski definition) is 3. The molecule has 0 spiro atoms. The highest BCUT2D eigenvalue weighted by Crippen LogP contribution is 1.95. The van der Waals surface area contributed by atoms with Gasteiger partial charge >= 0.3 is 0 Å². The van der Waals surface area contributed by atoms with Crippen LogP contribution < -0.4 is 16.0 Å². The molecular formula is C9H16ClN3O2. The molecule has 1 atom stereocenters. The van der Waals surface area contributed by atoms with Crippen LogP contribution in [0.3, 0.4) is 0 Å². The van der Waals surface area contributed by atoms with E-state index in [1.54, 1.807) is 6.08 Å². The molecule has 1 aliphatic heterocycles. The molecule has 1 saturated heterocycles. The molecule has 0 aromatic carbocycles. The van der Waals surface area contributed by atoms with E-state index >= 15 is 0 Å². The first-order chi connectivity index (χ1) is 6.74. The molecule has 1 fully saturated rings. The van der Waals surface area contributed by atoms with E-state index in [0.717, 1.165) is 0 Å². The van der Waals surface area contributed by atoms with E-state index < -0.39 is 6.04 Å². The number of nitrogens with one attached hydrogen (secondary N) is 3. The van der Waals surface area contributed by atoms with Crippen molar-refractivity contribution < 1.29 is 9.59 Å². The molecule has 86 valence electrons. The van der Waals surface area contributed by atoms with Crippen molar-refractivity contribution in [2.24, 2.45) is 0 Å². The van der Waals surface area contributed by atoms with Gasteiger partial charge in [0, 0.05) is 19.6 Å². The van der Waals surface area contributed by atoms with Gasteiger partial charge in [-0.25, -0.2) is 0 Å². The van der Waals surface area contributed by atoms with Gasteiger partial charge < -0.3 is 16.0 Å².